The maximum atomic E-state index is 13.1. The molecule has 0 spiro atoms. The fourth-order valence-electron chi connectivity index (χ4n) is 3.63. The van der Waals surface area contributed by atoms with Crippen LogP contribution in [0.5, 0.6) is 0 Å². The molecule has 2 aliphatic rings. The second-order valence-corrected chi connectivity index (χ2v) is 6.65. The van der Waals surface area contributed by atoms with Crippen LogP contribution in [0, 0.1) is 0 Å². The molecular formula is C20H18O4. The third-order valence-electron chi connectivity index (χ3n) is 4.93. The quantitative estimate of drug-likeness (QED) is 0.852. The van der Waals surface area contributed by atoms with E-state index in [4.69, 9.17) is 9.47 Å². The molecule has 0 radical (unpaired) electrons. The summed E-state index contributed by atoms with van der Waals surface area (Å²) in [6.07, 6.45) is -0.0107. The fourth-order valence-corrected chi connectivity index (χ4v) is 3.63. The van der Waals surface area contributed by atoms with E-state index in [1.165, 1.54) is 0 Å². The molecule has 24 heavy (non-hydrogen) atoms. The topological polar surface area (TPSA) is 52.6 Å². The highest BCUT2D eigenvalue weighted by Crippen LogP contribution is 2.45. The lowest BCUT2D eigenvalue weighted by Gasteiger charge is -2.27. The Morgan fingerprint density at radius 3 is 2.12 bits per heavy atom. The van der Waals surface area contributed by atoms with Crippen molar-refractivity contribution in [1.29, 1.82) is 0 Å². The van der Waals surface area contributed by atoms with Crippen LogP contribution in [0.15, 0.2) is 54.6 Å². The van der Waals surface area contributed by atoms with Crippen LogP contribution in [0.3, 0.4) is 0 Å². The third kappa shape index (κ3) is 2.07. The van der Waals surface area contributed by atoms with Gasteiger partial charge in [-0.2, -0.15) is 0 Å². The van der Waals surface area contributed by atoms with Gasteiger partial charge in [0.1, 0.15) is 6.10 Å². The lowest BCUT2D eigenvalue weighted by Crippen LogP contribution is -2.46. The summed E-state index contributed by atoms with van der Waals surface area (Å²) in [6, 6.07) is 16.6. The monoisotopic (exact) mass is 322 g/mol. The molecule has 1 saturated heterocycles. The van der Waals surface area contributed by atoms with E-state index in [0.717, 1.165) is 5.56 Å². The molecule has 0 amide bonds. The van der Waals surface area contributed by atoms with Gasteiger partial charge in [-0.3, -0.25) is 9.59 Å². The van der Waals surface area contributed by atoms with Crippen molar-refractivity contribution in [3.8, 4) is 0 Å². The maximum Gasteiger partial charge on any atom is 0.232 e. The van der Waals surface area contributed by atoms with E-state index in [1.54, 1.807) is 38.1 Å². The van der Waals surface area contributed by atoms with E-state index in [0.29, 0.717) is 17.5 Å². The predicted molar refractivity (Wildman–Crippen MR) is 88.0 cm³/mol. The number of carbonyl (C=O) groups excluding carboxylic acids is 2. The van der Waals surface area contributed by atoms with Gasteiger partial charge in [-0.15, -0.1) is 0 Å². The van der Waals surface area contributed by atoms with Crippen LogP contribution in [0.2, 0.25) is 0 Å². The number of carbonyl (C=O) groups is 2. The minimum atomic E-state index is -1.43. The molecular weight excluding hydrogens is 304 g/mol. The van der Waals surface area contributed by atoms with E-state index in [2.05, 4.69) is 0 Å². The van der Waals surface area contributed by atoms with Gasteiger partial charge in [0.15, 0.2) is 11.4 Å². The average molecular weight is 322 g/mol. The highest BCUT2D eigenvalue weighted by molar-refractivity contribution is 6.16. The van der Waals surface area contributed by atoms with Crippen molar-refractivity contribution in [2.24, 2.45) is 0 Å². The Morgan fingerprint density at radius 1 is 0.875 bits per heavy atom. The molecule has 2 aromatic rings. The summed E-state index contributed by atoms with van der Waals surface area (Å²) in [7, 11) is 0. The number of hydrogen-bond acceptors (Lipinski definition) is 4. The molecule has 0 saturated carbocycles. The largest absolute Gasteiger partial charge is 0.336 e. The van der Waals surface area contributed by atoms with Crippen LogP contribution in [-0.2, 0) is 15.9 Å². The van der Waals surface area contributed by atoms with Crippen LogP contribution in [0.4, 0.5) is 0 Å². The van der Waals surface area contributed by atoms with Crippen LogP contribution < -0.4 is 0 Å². The lowest BCUT2D eigenvalue weighted by molar-refractivity contribution is -0.130. The summed E-state index contributed by atoms with van der Waals surface area (Å²) in [6.45, 7) is 3.33. The zero-order valence-electron chi connectivity index (χ0n) is 13.6. The SMILES string of the molecule is C[C@@]12O[C@H](Cc3ccccc3)[C@@](C)(O1)C(=O)c1ccccc1C2=O. The molecule has 0 aromatic heterocycles. The highest BCUT2D eigenvalue weighted by Gasteiger charge is 2.62. The van der Waals surface area contributed by atoms with Crippen LogP contribution >= 0.6 is 0 Å². The Balaban J connectivity index is 1.81. The van der Waals surface area contributed by atoms with Crippen molar-refractivity contribution in [1.82, 2.24) is 0 Å². The van der Waals surface area contributed by atoms with Gasteiger partial charge in [-0.05, 0) is 19.4 Å². The first-order valence-corrected chi connectivity index (χ1v) is 8.04. The molecule has 2 aliphatic heterocycles. The fraction of sp³-hybridized carbons (Fsp3) is 0.300. The normalized spacial score (nSPS) is 31.7. The highest BCUT2D eigenvalue weighted by atomic mass is 16.8. The second kappa shape index (κ2) is 5.10. The zero-order chi connectivity index (χ0) is 16.9. The molecule has 2 aromatic carbocycles. The Hall–Kier alpha value is -2.30. The van der Waals surface area contributed by atoms with Gasteiger partial charge >= 0.3 is 0 Å². The number of ether oxygens (including phenoxy) is 2. The van der Waals surface area contributed by atoms with Gasteiger partial charge in [-0.1, -0.05) is 54.6 Å². The maximum absolute atomic E-state index is 13.1. The van der Waals surface area contributed by atoms with E-state index in [-0.39, 0.29) is 11.6 Å². The molecule has 0 unspecified atom stereocenters. The molecule has 2 heterocycles. The molecule has 122 valence electrons. The third-order valence-corrected chi connectivity index (χ3v) is 4.93. The van der Waals surface area contributed by atoms with E-state index >= 15 is 0 Å². The van der Waals surface area contributed by atoms with Gasteiger partial charge < -0.3 is 9.47 Å². The molecule has 3 atom stereocenters. The van der Waals surface area contributed by atoms with Crippen molar-refractivity contribution < 1.29 is 19.1 Å². The first kappa shape index (κ1) is 15.2. The summed E-state index contributed by atoms with van der Waals surface area (Å²) in [4.78, 5) is 26.0. The molecule has 1 fully saturated rings. The van der Waals surface area contributed by atoms with Gasteiger partial charge in [0.05, 0.1) is 0 Å². The zero-order valence-corrected chi connectivity index (χ0v) is 13.6. The molecule has 0 N–H and O–H groups in total. The average Bonchev–Trinajstić information content (AvgIpc) is 2.84. The molecule has 2 bridgehead atoms. The lowest BCUT2D eigenvalue weighted by atomic mass is 9.84. The van der Waals surface area contributed by atoms with E-state index < -0.39 is 17.5 Å². The Kier molecular flexibility index (Phi) is 3.24. The van der Waals surface area contributed by atoms with Crippen LogP contribution in [0.1, 0.15) is 40.1 Å². The number of hydrogen-bond donors (Lipinski definition) is 0. The van der Waals surface area contributed by atoms with Crippen molar-refractivity contribution in [2.45, 2.75) is 37.8 Å². The Labute approximate surface area is 140 Å². The molecule has 4 heteroatoms. The van der Waals surface area contributed by atoms with E-state index in [9.17, 15) is 9.59 Å². The summed E-state index contributed by atoms with van der Waals surface area (Å²) in [5, 5.41) is 0. The first-order chi connectivity index (χ1) is 11.4. The van der Waals surface area contributed by atoms with Gasteiger partial charge in [0.25, 0.3) is 0 Å². The van der Waals surface area contributed by atoms with Gasteiger partial charge in [0, 0.05) is 17.5 Å². The summed E-state index contributed by atoms with van der Waals surface area (Å²) < 4.78 is 12.0. The number of Topliss-reactive ketones (excluding diaryl/α,β-unsaturated/α-hetero) is 2. The molecule has 4 nitrogen and oxygen atoms in total. The number of rotatable bonds is 2. The summed E-state index contributed by atoms with van der Waals surface area (Å²) in [5.41, 5.74) is 0.630. The van der Waals surface area contributed by atoms with Crippen molar-refractivity contribution in [3.63, 3.8) is 0 Å². The van der Waals surface area contributed by atoms with Crippen molar-refractivity contribution in [3.05, 3.63) is 71.3 Å². The van der Waals surface area contributed by atoms with Crippen molar-refractivity contribution >= 4 is 11.6 Å². The molecule has 0 aliphatic carbocycles. The first-order valence-electron chi connectivity index (χ1n) is 8.04. The Morgan fingerprint density at radius 2 is 1.46 bits per heavy atom. The smallest absolute Gasteiger partial charge is 0.232 e. The second-order valence-electron chi connectivity index (χ2n) is 6.65. The van der Waals surface area contributed by atoms with Crippen LogP contribution in [-0.4, -0.2) is 29.1 Å². The van der Waals surface area contributed by atoms with E-state index in [1.807, 2.05) is 30.3 Å². The van der Waals surface area contributed by atoms with Crippen molar-refractivity contribution in [2.75, 3.05) is 0 Å². The standard InChI is InChI=1S/C20H18O4/c1-19-16(12-13-8-4-3-5-9-13)23-20(2,24-19)18(22)15-11-7-6-10-14(15)17(19)21/h3-11,16H,12H2,1-2H3/t16-,19-,20-/m1/s1. The van der Waals surface area contributed by atoms with Gasteiger partial charge in [0.2, 0.25) is 11.6 Å². The number of benzene rings is 2. The summed E-state index contributed by atoms with van der Waals surface area (Å²) in [5.74, 6) is -1.93. The minimum Gasteiger partial charge on any atom is -0.336 e. The Bertz CT molecular complexity index is 829. The molecule has 4 rings (SSSR count). The number of fused-ring (bicyclic) bond motifs is 3. The predicted octanol–water partition coefficient (Wildman–Crippen LogP) is 3.20. The van der Waals surface area contributed by atoms with Crippen LogP contribution in [0.25, 0.3) is 0 Å². The summed E-state index contributed by atoms with van der Waals surface area (Å²) >= 11 is 0. The van der Waals surface area contributed by atoms with Gasteiger partial charge in [-0.25, -0.2) is 0 Å². The minimum absolute atomic E-state index is 0.200. The number of ketones is 2.